The molecule has 16 heavy (non-hydrogen) atoms. The van der Waals surface area contributed by atoms with Gasteiger partial charge in [-0.3, -0.25) is 4.21 Å². The van der Waals surface area contributed by atoms with Gasteiger partial charge in [0.2, 0.25) is 0 Å². The quantitative estimate of drug-likeness (QED) is 0.820. The molecule has 1 aromatic rings. The molecule has 2 rings (SSSR count). The van der Waals surface area contributed by atoms with E-state index in [0.29, 0.717) is 0 Å². The minimum atomic E-state index is -0.657. The first-order valence-electron chi connectivity index (χ1n) is 5.83. The van der Waals surface area contributed by atoms with E-state index in [1.165, 1.54) is 5.56 Å². The van der Waals surface area contributed by atoms with E-state index in [2.05, 4.69) is 31.2 Å². The Hall–Kier alpha value is -0.280. The van der Waals surface area contributed by atoms with Crippen molar-refractivity contribution in [3.8, 4) is 0 Å². The van der Waals surface area contributed by atoms with Gasteiger partial charge in [-0.25, -0.2) is 0 Å². The van der Waals surface area contributed by atoms with Gasteiger partial charge in [-0.05, 0) is 30.6 Å². The second kappa shape index (κ2) is 5.37. The minimum Gasteiger partial charge on any atom is -0.258 e. The predicted molar refractivity (Wildman–Crippen MR) is 73.3 cm³/mol. The first kappa shape index (κ1) is 12.2. The number of rotatable bonds is 4. The maximum Gasteiger partial charge on any atom is 0.0948 e. The van der Waals surface area contributed by atoms with Crippen molar-refractivity contribution in [3.63, 3.8) is 0 Å². The molecule has 1 aliphatic heterocycles. The van der Waals surface area contributed by atoms with Crippen molar-refractivity contribution in [1.82, 2.24) is 0 Å². The van der Waals surface area contributed by atoms with Crippen LogP contribution < -0.4 is 0 Å². The Labute approximate surface area is 104 Å². The summed E-state index contributed by atoms with van der Waals surface area (Å²) in [6.07, 6.45) is 3.18. The Balaban J connectivity index is 2.18. The molecule has 1 aliphatic rings. The van der Waals surface area contributed by atoms with Gasteiger partial charge in [-0.2, -0.15) is 0 Å². The van der Waals surface area contributed by atoms with Crippen molar-refractivity contribution >= 4 is 22.6 Å². The van der Waals surface area contributed by atoms with Gasteiger partial charge in [-0.1, -0.05) is 37.3 Å². The van der Waals surface area contributed by atoms with Crippen molar-refractivity contribution in [2.24, 2.45) is 0 Å². The summed E-state index contributed by atoms with van der Waals surface area (Å²) in [7, 11) is -0.657. The molecule has 0 aliphatic carbocycles. The molecule has 1 nitrogen and oxygen atoms in total. The Morgan fingerprint density at radius 3 is 2.69 bits per heavy atom. The molecule has 0 bridgehead atoms. The molecule has 0 N–H and O–H groups in total. The lowest BCUT2D eigenvalue weighted by molar-refractivity contribution is 0.662. The minimum absolute atomic E-state index is 0.00387. The van der Waals surface area contributed by atoms with E-state index in [1.54, 1.807) is 0 Å². The summed E-state index contributed by atoms with van der Waals surface area (Å²) in [6, 6.07) is 10.5. The third kappa shape index (κ3) is 2.51. The standard InChI is InChI=1S/C13H18OS2/c1-2-15-13(9-6-10-16(13)14)11-12-7-4-3-5-8-12/h3-5,7-8H,2,6,9-11H2,1H3/t13-,16+/m0/s1. The highest BCUT2D eigenvalue weighted by Crippen LogP contribution is 2.42. The Morgan fingerprint density at radius 1 is 1.38 bits per heavy atom. The van der Waals surface area contributed by atoms with Crippen LogP contribution in [-0.2, 0) is 17.2 Å². The summed E-state index contributed by atoms with van der Waals surface area (Å²) in [6.45, 7) is 2.16. The van der Waals surface area contributed by atoms with Crippen LogP contribution >= 0.6 is 11.8 Å². The van der Waals surface area contributed by atoms with Gasteiger partial charge in [0.1, 0.15) is 0 Å². The molecular formula is C13H18OS2. The fraction of sp³-hybridized carbons (Fsp3) is 0.538. The van der Waals surface area contributed by atoms with E-state index in [0.717, 1.165) is 30.8 Å². The maximum absolute atomic E-state index is 12.2. The van der Waals surface area contributed by atoms with Gasteiger partial charge >= 0.3 is 0 Å². The SMILES string of the molecule is CCS[C@@]1(Cc2ccccc2)CCC[S@]1=O. The zero-order valence-corrected chi connectivity index (χ0v) is 11.3. The molecule has 1 saturated heterocycles. The van der Waals surface area contributed by atoms with Crippen LogP contribution in [0.5, 0.6) is 0 Å². The molecule has 0 unspecified atom stereocenters. The normalized spacial score (nSPS) is 29.4. The summed E-state index contributed by atoms with van der Waals surface area (Å²) >= 11 is 1.89. The summed E-state index contributed by atoms with van der Waals surface area (Å²) in [5.41, 5.74) is 1.32. The van der Waals surface area contributed by atoms with Crippen LogP contribution in [0.2, 0.25) is 0 Å². The molecule has 0 amide bonds. The summed E-state index contributed by atoms with van der Waals surface area (Å²) in [5.74, 6) is 1.94. The maximum atomic E-state index is 12.2. The van der Waals surface area contributed by atoms with Crippen molar-refractivity contribution in [1.29, 1.82) is 0 Å². The molecule has 0 aromatic heterocycles. The van der Waals surface area contributed by atoms with Crippen LogP contribution in [0.3, 0.4) is 0 Å². The fourth-order valence-electron chi connectivity index (χ4n) is 2.30. The van der Waals surface area contributed by atoms with E-state index < -0.39 is 10.8 Å². The van der Waals surface area contributed by atoms with Gasteiger partial charge in [-0.15, -0.1) is 11.8 Å². The largest absolute Gasteiger partial charge is 0.258 e. The fourth-order valence-corrected chi connectivity index (χ4v) is 5.99. The topological polar surface area (TPSA) is 17.1 Å². The number of benzene rings is 1. The zero-order valence-electron chi connectivity index (χ0n) is 9.65. The highest BCUT2D eigenvalue weighted by atomic mass is 32.2. The van der Waals surface area contributed by atoms with Crippen LogP contribution in [0, 0.1) is 0 Å². The molecule has 1 aromatic carbocycles. The molecule has 2 atom stereocenters. The van der Waals surface area contributed by atoms with E-state index in [4.69, 9.17) is 0 Å². The average molecular weight is 254 g/mol. The average Bonchev–Trinajstić information content (AvgIpc) is 2.62. The van der Waals surface area contributed by atoms with Crippen molar-refractivity contribution in [2.75, 3.05) is 11.5 Å². The van der Waals surface area contributed by atoms with Crippen molar-refractivity contribution in [3.05, 3.63) is 35.9 Å². The predicted octanol–water partition coefficient (Wildman–Crippen LogP) is 3.22. The van der Waals surface area contributed by atoms with Crippen LogP contribution in [0.4, 0.5) is 0 Å². The Kier molecular flexibility index (Phi) is 4.09. The zero-order chi connectivity index (χ0) is 11.4. The monoisotopic (exact) mass is 254 g/mol. The van der Waals surface area contributed by atoms with Crippen LogP contribution in [-0.4, -0.2) is 19.8 Å². The van der Waals surface area contributed by atoms with Crippen LogP contribution in [0.15, 0.2) is 30.3 Å². The lowest BCUT2D eigenvalue weighted by Gasteiger charge is -2.26. The lowest BCUT2D eigenvalue weighted by atomic mass is 10.1. The third-order valence-electron chi connectivity index (χ3n) is 3.03. The van der Waals surface area contributed by atoms with E-state index in [9.17, 15) is 4.21 Å². The van der Waals surface area contributed by atoms with Gasteiger partial charge in [0, 0.05) is 16.6 Å². The highest BCUT2D eigenvalue weighted by molar-refractivity contribution is 8.12. The Bertz CT molecular complexity index is 363. The molecule has 3 heteroatoms. The molecule has 0 radical (unpaired) electrons. The van der Waals surface area contributed by atoms with Gasteiger partial charge in [0.25, 0.3) is 0 Å². The van der Waals surface area contributed by atoms with Crippen molar-refractivity contribution in [2.45, 2.75) is 30.3 Å². The first-order valence-corrected chi connectivity index (χ1v) is 8.14. The summed E-state index contributed by atoms with van der Waals surface area (Å²) < 4.78 is 12.2. The summed E-state index contributed by atoms with van der Waals surface area (Å²) in [4.78, 5) is 0. The van der Waals surface area contributed by atoms with Gasteiger partial charge < -0.3 is 0 Å². The number of hydrogen-bond donors (Lipinski definition) is 0. The van der Waals surface area contributed by atoms with E-state index >= 15 is 0 Å². The number of hydrogen-bond acceptors (Lipinski definition) is 2. The van der Waals surface area contributed by atoms with E-state index in [1.807, 2.05) is 17.8 Å². The summed E-state index contributed by atoms with van der Waals surface area (Å²) in [5, 5.41) is 0. The van der Waals surface area contributed by atoms with Crippen LogP contribution in [0.25, 0.3) is 0 Å². The Morgan fingerprint density at radius 2 is 2.12 bits per heavy atom. The highest BCUT2D eigenvalue weighted by Gasteiger charge is 2.40. The molecule has 0 spiro atoms. The van der Waals surface area contributed by atoms with Gasteiger partial charge in [0.05, 0.1) is 4.08 Å². The van der Waals surface area contributed by atoms with Gasteiger partial charge in [0.15, 0.2) is 0 Å². The second-order valence-electron chi connectivity index (χ2n) is 4.16. The first-order chi connectivity index (χ1) is 7.77. The molecule has 1 fully saturated rings. The third-order valence-corrected chi connectivity index (χ3v) is 6.94. The molecular weight excluding hydrogens is 236 g/mol. The van der Waals surface area contributed by atoms with Crippen LogP contribution in [0.1, 0.15) is 25.3 Å². The number of thioether (sulfide) groups is 1. The lowest BCUT2D eigenvalue weighted by Crippen LogP contribution is -2.29. The molecule has 0 saturated carbocycles. The smallest absolute Gasteiger partial charge is 0.0948 e. The molecule has 1 heterocycles. The van der Waals surface area contributed by atoms with Crippen molar-refractivity contribution < 1.29 is 4.21 Å². The second-order valence-corrected chi connectivity index (χ2v) is 7.95. The van der Waals surface area contributed by atoms with E-state index in [-0.39, 0.29) is 4.08 Å². The molecule has 88 valence electrons.